The minimum absolute atomic E-state index is 0.271. The Labute approximate surface area is 228 Å². The van der Waals surface area contributed by atoms with Crippen molar-refractivity contribution < 1.29 is 14.3 Å². The average Bonchev–Trinajstić information content (AvgIpc) is 2.95. The molecule has 4 fully saturated rings. The predicted molar refractivity (Wildman–Crippen MR) is 152 cm³/mol. The fourth-order valence-corrected chi connectivity index (χ4v) is 9.16. The Bertz CT molecular complexity index is 556. The van der Waals surface area contributed by atoms with E-state index in [1.165, 1.54) is 128 Å². The summed E-state index contributed by atoms with van der Waals surface area (Å²) in [5.41, 5.74) is 0. The lowest BCUT2D eigenvalue weighted by Crippen LogP contribution is -2.28. The van der Waals surface area contributed by atoms with Crippen LogP contribution in [0.2, 0.25) is 0 Å². The molecule has 0 atom stereocenters. The van der Waals surface area contributed by atoms with E-state index < -0.39 is 0 Å². The summed E-state index contributed by atoms with van der Waals surface area (Å²) in [7, 11) is 0. The zero-order valence-corrected chi connectivity index (χ0v) is 24.1. The average molecular weight is 515 g/mol. The fraction of sp³-hybridized carbons (Fsp3) is 0.941. The lowest BCUT2D eigenvalue weighted by molar-refractivity contribution is -0.159. The number of carbonyl (C=O) groups is 2. The molecule has 0 N–H and O–H groups in total. The molecule has 0 radical (unpaired) electrons. The third kappa shape index (κ3) is 9.68. The van der Waals surface area contributed by atoms with Gasteiger partial charge >= 0.3 is 11.9 Å². The van der Waals surface area contributed by atoms with E-state index in [2.05, 4.69) is 0 Å². The lowest BCUT2D eigenvalue weighted by Gasteiger charge is -2.38. The maximum atomic E-state index is 12.5. The first-order valence-electron chi connectivity index (χ1n) is 16.9. The van der Waals surface area contributed by atoms with Crippen molar-refractivity contribution in [1.82, 2.24) is 0 Å². The fourth-order valence-electron chi connectivity index (χ4n) is 9.16. The summed E-state index contributed by atoms with van der Waals surface area (Å²) < 4.78 is 5.32. The van der Waals surface area contributed by atoms with Crippen molar-refractivity contribution in [2.45, 2.75) is 167 Å². The van der Waals surface area contributed by atoms with Gasteiger partial charge in [0.2, 0.25) is 0 Å². The second kappa shape index (κ2) is 16.3. The molecule has 0 amide bonds. The van der Waals surface area contributed by atoms with Crippen LogP contribution >= 0.6 is 0 Å². The van der Waals surface area contributed by atoms with Gasteiger partial charge < -0.3 is 4.74 Å². The summed E-state index contributed by atoms with van der Waals surface area (Å²) in [6, 6.07) is 0. The topological polar surface area (TPSA) is 43.4 Å². The van der Waals surface area contributed by atoms with Crippen molar-refractivity contribution in [2.75, 3.05) is 0 Å². The Morgan fingerprint density at radius 1 is 0.459 bits per heavy atom. The maximum absolute atomic E-state index is 12.5. The Hall–Kier alpha value is -0.860. The second-order valence-electron chi connectivity index (χ2n) is 13.6. The highest BCUT2D eigenvalue weighted by Gasteiger charge is 2.32. The molecule has 3 nitrogen and oxygen atoms in total. The van der Waals surface area contributed by atoms with Crippen LogP contribution < -0.4 is 0 Å². The van der Waals surface area contributed by atoms with Crippen LogP contribution in [0.4, 0.5) is 0 Å². The van der Waals surface area contributed by atoms with Gasteiger partial charge in [0.25, 0.3) is 0 Å². The highest BCUT2D eigenvalue weighted by atomic mass is 16.6. The van der Waals surface area contributed by atoms with Crippen LogP contribution in [0.3, 0.4) is 0 Å². The van der Waals surface area contributed by atoms with E-state index >= 15 is 0 Å². The zero-order valence-electron chi connectivity index (χ0n) is 24.1. The molecule has 0 aromatic rings. The van der Waals surface area contributed by atoms with E-state index in [0.29, 0.717) is 12.8 Å². The van der Waals surface area contributed by atoms with Crippen molar-refractivity contribution in [3.05, 3.63) is 0 Å². The number of hydrogen-bond donors (Lipinski definition) is 0. The number of carbonyl (C=O) groups excluding carboxylic acids is 2. The smallest absolute Gasteiger partial charge is 0.313 e. The van der Waals surface area contributed by atoms with Gasteiger partial charge in [0.15, 0.2) is 0 Å². The second-order valence-corrected chi connectivity index (χ2v) is 13.6. The van der Waals surface area contributed by atoms with Crippen LogP contribution in [-0.2, 0) is 14.3 Å². The van der Waals surface area contributed by atoms with E-state index in [1.807, 2.05) is 0 Å². The molecule has 3 heteroatoms. The summed E-state index contributed by atoms with van der Waals surface area (Å²) >= 11 is 0. The third-order valence-corrected chi connectivity index (χ3v) is 11.1. The van der Waals surface area contributed by atoms with Gasteiger partial charge in [0, 0.05) is 12.8 Å². The maximum Gasteiger partial charge on any atom is 0.313 e. The Balaban J connectivity index is 1.16. The highest BCUT2D eigenvalue weighted by Crippen LogP contribution is 2.43. The summed E-state index contributed by atoms with van der Waals surface area (Å²) in [4.78, 5) is 25.1. The van der Waals surface area contributed by atoms with Crippen LogP contribution in [0.15, 0.2) is 0 Å². The molecule has 4 rings (SSSR count). The zero-order chi connectivity index (χ0) is 25.7. The molecule has 0 saturated heterocycles. The molecule has 0 heterocycles. The van der Waals surface area contributed by atoms with E-state index in [0.717, 1.165) is 61.2 Å². The van der Waals surface area contributed by atoms with Crippen LogP contribution in [0.5, 0.6) is 0 Å². The summed E-state index contributed by atoms with van der Waals surface area (Å²) in [5.74, 6) is 4.53. The van der Waals surface area contributed by atoms with Crippen molar-refractivity contribution in [3.63, 3.8) is 0 Å². The van der Waals surface area contributed by atoms with Crippen molar-refractivity contribution >= 4 is 11.9 Å². The van der Waals surface area contributed by atoms with Crippen LogP contribution in [0.25, 0.3) is 0 Å². The van der Waals surface area contributed by atoms with Crippen LogP contribution in [0.1, 0.15) is 167 Å². The van der Waals surface area contributed by atoms with Crippen molar-refractivity contribution in [1.29, 1.82) is 0 Å². The van der Waals surface area contributed by atoms with Crippen LogP contribution in [-0.4, -0.2) is 11.9 Å². The molecule has 4 saturated carbocycles. The molecular formula is C34H58O3. The monoisotopic (exact) mass is 514 g/mol. The first kappa shape index (κ1) is 29.1. The Morgan fingerprint density at radius 2 is 0.730 bits per heavy atom. The first-order valence-corrected chi connectivity index (χ1v) is 16.9. The predicted octanol–water partition coefficient (Wildman–Crippen LogP) is 9.95. The molecule has 0 spiro atoms. The molecular weight excluding hydrogens is 456 g/mol. The van der Waals surface area contributed by atoms with Gasteiger partial charge in [-0.25, -0.2) is 0 Å². The Morgan fingerprint density at radius 3 is 1.00 bits per heavy atom. The minimum atomic E-state index is -0.271. The molecule has 0 bridgehead atoms. The van der Waals surface area contributed by atoms with Crippen molar-refractivity contribution in [2.24, 2.45) is 35.5 Å². The van der Waals surface area contributed by atoms with Gasteiger partial charge in [-0.15, -0.1) is 0 Å². The van der Waals surface area contributed by atoms with Gasteiger partial charge in [0.05, 0.1) is 0 Å². The van der Waals surface area contributed by atoms with E-state index in [4.69, 9.17) is 4.74 Å². The van der Waals surface area contributed by atoms with E-state index in [1.54, 1.807) is 0 Å². The standard InChI is InChI=1S/C34H58O3/c35-33(25-13-23-31(27-15-5-1-6-16-27)28-17-7-2-8-18-28)37-34(36)26-14-24-32(29-19-9-3-10-20-29)30-21-11-4-12-22-30/h27-32H,1-26H2. The van der Waals surface area contributed by atoms with Gasteiger partial charge in [-0.1, -0.05) is 128 Å². The summed E-state index contributed by atoms with van der Waals surface area (Å²) in [5, 5.41) is 0. The number of hydrogen-bond acceptors (Lipinski definition) is 3. The van der Waals surface area contributed by atoms with Gasteiger partial charge in [-0.2, -0.15) is 0 Å². The number of ether oxygens (including phenoxy) is 1. The minimum Gasteiger partial charge on any atom is -0.393 e. The molecule has 0 unspecified atom stereocenters. The highest BCUT2D eigenvalue weighted by molar-refractivity contribution is 5.85. The molecule has 4 aliphatic rings. The largest absolute Gasteiger partial charge is 0.393 e. The van der Waals surface area contributed by atoms with E-state index in [-0.39, 0.29) is 11.9 Å². The SMILES string of the molecule is O=C(CCCC(C1CCCCC1)C1CCCCC1)OC(=O)CCCC(C1CCCCC1)C1CCCCC1. The molecule has 212 valence electrons. The lowest BCUT2D eigenvalue weighted by atomic mass is 9.68. The molecule has 37 heavy (non-hydrogen) atoms. The molecule has 4 aliphatic carbocycles. The van der Waals surface area contributed by atoms with Gasteiger partial charge in [-0.3, -0.25) is 9.59 Å². The van der Waals surface area contributed by atoms with Gasteiger partial charge in [0.1, 0.15) is 0 Å². The normalized spacial score (nSPS) is 23.5. The number of rotatable bonds is 12. The first-order chi connectivity index (χ1) is 18.2. The summed E-state index contributed by atoms with van der Waals surface area (Å²) in [6.07, 6.45) is 32.9. The summed E-state index contributed by atoms with van der Waals surface area (Å²) in [6.45, 7) is 0. The molecule has 0 aliphatic heterocycles. The quantitative estimate of drug-likeness (QED) is 0.192. The van der Waals surface area contributed by atoms with Gasteiger partial charge in [-0.05, 0) is 61.2 Å². The Kier molecular flexibility index (Phi) is 12.8. The van der Waals surface area contributed by atoms with Crippen LogP contribution in [0, 0.1) is 35.5 Å². The number of esters is 2. The molecule has 0 aromatic carbocycles. The third-order valence-electron chi connectivity index (χ3n) is 11.1. The van der Waals surface area contributed by atoms with Crippen molar-refractivity contribution in [3.8, 4) is 0 Å². The molecule has 0 aromatic heterocycles. The van der Waals surface area contributed by atoms with E-state index in [9.17, 15) is 9.59 Å².